The van der Waals surface area contributed by atoms with Crippen LogP contribution in [0.4, 0.5) is 17.5 Å². The van der Waals surface area contributed by atoms with Gasteiger partial charge < -0.3 is 10.2 Å². The van der Waals surface area contributed by atoms with E-state index in [0.29, 0.717) is 10.0 Å². The number of nitrogens with one attached hydrogen (secondary N) is 1. The fourth-order valence-electron chi connectivity index (χ4n) is 3.23. The highest BCUT2D eigenvalue weighted by Gasteiger charge is 2.18. The molecule has 144 valence electrons. The van der Waals surface area contributed by atoms with Gasteiger partial charge >= 0.3 is 0 Å². The number of nitrogens with zero attached hydrogens (tertiary/aromatic N) is 4. The van der Waals surface area contributed by atoms with E-state index in [1.807, 2.05) is 24.5 Å². The van der Waals surface area contributed by atoms with Crippen molar-refractivity contribution in [3.8, 4) is 0 Å². The number of hydrogen-bond donors (Lipinski definition) is 1. The van der Waals surface area contributed by atoms with Crippen LogP contribution in [0.5, 0.6) is 0 Å². The molecular weight excluding hydrogens is 381 g/mol. The molecule has 7 heteroatoms. The lowest BCUT2D eigenvalue weighted by Gasteiger charge is -2.23. The van der Waals surface area contributed by atoms with E-state index in [4.69, 9.17) is 33.2 Å². The van der Waals surface area contributed by atoms with Crippen LogP contribution in [-0.2, 0) is 6.42 Å². The molecular formula is C20H25Cl2N5. The van der Waals surface area contributed by atoms with Crippen LogP contribution in [0.1, 0.15) is 39.3 Å². The lowest BCUT2D eigenvalue weighted by atomic mass is 10.2. The summed E-state index contributed by atoms with van der Waals surface area (Å²) in [6.45, 7) is 8.44. The van der Waals surface area contributed by atoms with E-state index in [0.717, 1.165) is 61.0 Å². The van der Waals surface area contributed by atoms with Crippen molar-refractivity contribution in [2.45, 2.75) is 40.0 Å². The summed E-state index contributed by atoms with van der Waals surface area (Å²) < 4.78 is 2.06. The first-order valence-electron chi connectivity index (χ1n) is 9.41. The first kappa shape index (κ1) is 19.8. The van der Waals surface area contributed by atoms with E-state index in [9.17, 15) is 0 Å². The van der Waals surface area contributed by atoms with Crippen molar-refractivity contribution in [1.82, 2.24) is 14.4 Å². The minimum absolute atomic E-state index is 0.560. The average Bonchev–Trinajstić information content (AvgIpc) is 3.02. The van der Waals surface area contributed by atoms with E-state index in [2.05, 4.69) is 35.4 Å². The smallest absolute Gasteiger partial charge is 0.212 e. The van der Waals surface area contributed by atoms with Gasteiger partial charge in [-0.15, -0.1) is 0 Å². The number of aryl methyl sites for hydroxylation is 1. The number of halogens is 2. The normalized spacial score (nSPS) is 11.1. The lowest BCUT2D eigenvalue weighted by molar-refractivity contribution is 0.734. The molecule has 0 bridgehead atoms. The van der Waals surface area contributed by atoms with Crippen molar-refractivity contribution < 1.29 is 0 Å². The highest BCUT2D eigenvalue weighted by Crippen LogP contribution is 2.31. The molecule has 0 saturated heterocycles. The minimum Gasteiger partial charge on any atom is -0.355 e. The van der Waals surface area contributed by atoms with Gasteiger partial charge in [0.05, 0.1) is 16.4 Å². The first-order chi connectivity index (χ1) is 13.1. The highest BCUT2D eigenvalue weighted by molar-refractivity contribution is 6.36. The zero-order valence-corrected chi connectivity index (χ0v) is 17.5. The van der Waals surface area contributed by atoms with Crippen LogP contribution in [0.15, 0.2) is 30.6 Å². The molecule has 3 rings (SSSR count). The third-order valence-corrected chi connectivity index (χ3v) is 4.95. The van der Waals surface area contributed by atoms with E-state index in [1.165, 1.54) is 0 Å². The molecule has 0 unspecified atom stereocenters. The van der Waals surface area contributed by atoms with Gasteiger partial charge in [-0.1, -0.05) is 44.0 Å². The maximum atomic E-state index is 6.33. The molecule has 2 heterocycles. The van der Waals surface area contributed by atoms with Gasteiger partial charge in [-0.2, -0.15) is 0 Å². The third kappa shape index (κ3) is 4.14. The van der Waals surface area contributed by atoms with Gasteiger partial charge in [0.1, 0.15) is 5.52 Å². The van der Waals surface area contributed by atoms with Crippen LogP contribution in [0.2, 0.25) is 10.0 Å². The monoisotopic (exact) mass is 405 g/mol. The largest absolute Gasteiger partial charge is 0.355 e. The van der Waals surface area contributed by atoms with Crippen LogP contribution < -0.4 is 10.2 Å². The topological polar surface area (TPSA) is 45.5 Å². The Morgan fingerprint density at radius 2 is 1.85 bits per heavy atom. The summed E-state index contributed by atoms with van der Waals surface area (Å²) in [5.74, 6) is 1.71. The Morgan fingerprint density at radius 1 is 1.11 bits per heavy atom. The molecule has 27 heavy (non-hydrogen) atoms. The molecule has 0 radical (unpaired) electrons. The van der Waals surface area contributed by atoms with Crippen molar-refractivity contribution >= 4 is 46.2 Å². The van der Waals surface area contributed by atoms with Crippen molar-refractivity contribution in [1.29, 1.82) is 0 Å². The van der Waals surface area contributed by atoms with Crippen LogP contribution in [0.3, 0.4) is 0 Å². The zero-order valence-electron chi connectivity index (χ0n) is 16.0. The summed E-state index contributed by atoms with van der Waals surface area (Å²) in [6, 6.07) is 5.39. The van der Waals surface area contributed by atoms with E-state index >= 15 is 0 Å². The lowest BCUT2D eigenvalue weighted by Crippen LogP contribution is -2.26. The second-order valence-electron chi connectivity index (χ2n) is 6.44. The van der Waals surface area contributed by atoms with Crippen LogP contribution in [0.25, 0.3) is 5.52 Å². The van der Waals surface area contributed by atoms with Crippen molar-refractivity contribution in [2.75, 3.05) is 23.3 Å². The quantitative estimate of drug-likeness (QED) is 0.501. The van der Waals surface area contributed by atoms with Gasteiger partial charge in [0.2, 0.25) is 5.95 Å². The SMILES string of the molecule is CCCN(CCC)c1nccn2c(Nc3ccc(Cl)cc3Cl)nc(CC)c12. The van der Waals surface area contributed by atoms with Gasteiger partial charge in [0, 0.05) is 30.5 Å². The van der Waals surface area contributed by atoms with E-state index in [1.54, 1.807) is 6.07 Å². The van der Waals surface area contributed by atoms with Gasteiger partial charge in [0.15, 0.2) is 5.82 Å². The van der Waals surface area contributed by atoms with Crippen LogP contribution in [-0.4, -0.2) is 27.5 Å². The molecule has 0 amide bonds. The number of benzene rings is 1. The number of imidazole rings is 1. The fourth-order valence-corrected chi connectivity index (χ4v) is 3.69. The third-order valence-electron chi connectivity index (χ3n) is 4.41. The molecule has 3 aromatic rings. The Hall–Kier alpha value is -1.98. The number of hydrogen-bond acceptors (Lipinski definition) is 4. The summed E-state index contributed by atoms with van der Waals surface area (Å²) in [6.07, 6.45) is 6.74. The Labute approximate surface area is 170 Å². The van der Waals surface area contributed by atoms with Crippen molar-refractivity contribution in [3.63, 3.8) is 0 Å². The summed E-state index contributed by atoms with van der Waals surface area (Å²) in [5.41, 5.74) is 2.84. The molecule has 0 aliphatic carbocycles. The van der Waals surface area contributed by atoms with Gasteiger partial charge in [-0.3, -0.25) is 4.40 Å². The maximum Gasteiger partial charge on any atom is 0.212 e. The molecule has 0 aliphatic rings. The molecule has 5 nitrogen and oxygen atoms in total. The molecule has 1 N–H and O–H groups in total. The molecule has 0 fully saturated rings. The molecule has 0 atom stereocenters. The van der Waals surface area contributed by atoms with E-state index in [-0.39, 0.29) is 0 Å². The van der Waals surface area contributed by atoms with Gasteiger partial charge in [-0.05, 0) is 37.5 Å². The molecule has 1 aromatic carbocycles. The standard InChI is InChI=1S/C20H25Cl2N5/c1-4-10-26(11-5-2)19-18-16(6-3)24-20(27(18)12-9-23-19)25-17-8-7-14(21)13-15(17)22/h7-9,12-13H,4-6,10-11H2,1-3H3,(H,24,25). The first-order valence-corrected chi connectivity index (χ1v) is 10.2. The Balaban J connectivity index is 2.09. The van der Waals surface area contributed by atoms with Crippen LogP contribution in [0, 0.1) is 0 Å². The predicted octanol–water partition coefficient (Wildman–Crippen LogP) is 5.97. The summed E-state index contributed by atoms with van der Waals surface area (Å²) in [5, 5.41) is 4.51. The summed E-state index contributed by atoms with van der Waals surface area (Å²) >= 11 is 12.3. The highest BCUT2D eigenvalue weighted by atomic mass is 35.5. The number of anilines is 3. The summed E-state index contributed by atoms with van der Waals surface area (Å²) in [7, 11) is 0. The van der Waals surface area contributed by atoms with Crippen LogP contribution >= 0.6 is 23.2 Å². The molecule has 2 aromatic heterocycles. The predicted molar refractivity (Wildman–Crippen MR) is 115 cm³/mol. The Kier molecular flexibility index (Phi) is 6.45. The number of fused-ring (bicyclic) bond motifs is 1. The molecule has 0 saturated carbocycles. The minimum atomic E-state index is 0.560. The fraction of sp³-hybridized carbons (Fsp3) is 0.400. The van der Waals surface area contributed by atoms with Crippen molar-refractivity contribution in [2.24, 2.45) is 0 Å². The number of rotatable bonds is 8. The Morgan fingerprint density at radius 3 is 2.48 bits per heavy atom. The number of aromatic nitrogens is 3. The van der Waals surface area contributed by atoms with Crippen molar-refractivity contribution in [3.05, 3.63) is 46.3 Å². The van der Waals surface area contributed by atoms with Gasteiger partial charge in [-0.25, -0.2) is 9.97 Å². The summed E-state index contributed by atoms with van der Waals surface area (Å²) in [4.78, 5) is 11.9. The zero-order chi connectivity index (χ0) is 19.4. The Bertz CT molecular complexity index is 916. The van der Waals surface area contributed by atoms with E-state index < -0.39 is 0 Å². The second-order valence-corrected chi connectivity index (χ2v) is 7.28. The maximum absolute atomic E-state index is 6.33. The average molecular weight is 406 g/mol. The molecule has 0 spiro atoms. The van der Waals surface area contributed by atoms with Gasteiger partial charge in [0.25, 0.3) is 0 Å². The molecule has 0 aliphatic heterocycles. The second kappa shape index (κ2) is 8.81.